The molecule has 1 aliphatic carbocycles. The van der Waals surface area contributed by atoms with Crippen LogP contribution in [0.15, 0.2) is 52.0 Å². The molecular formula is C24H33N3O5S. The minimum Gasteiger partial charge on any atom is -0.467 e. The molecule has 1 aliphatic rings. The molecule has 3 rings (SSSR count). The Morgan fingerprint density at radius 1 is 1.12 bits per heavy atom. The topological polar surface area (TPSA) is 109 Å². The van der Waals surface area contributed by atoms with E-state index in [0.717, 1.165) is 31.2 Å². The van der Waals surface area contributed by atoms with Gasteiger partial charge in [0.05, 0.1) is 24.2 Å². The third-order valence-electron chi connectivity index (χ3n) is 5.91. The van der Waals surface area contributed by atoms with Crippen molar-refractivity contribution in [3.8, 4) is 0 Å². The van der Waals surface area contributed by atoms with Crippen molar-refractivity contribution >= 4 is 21.8 Å². The highest BCUT2D eigenvalue weighted by Gasteiger charge is 2.35. The molecule has 1 unspecified atom stereocenters. The molecule has 1 heterocycles. The predicted molar refractivity (Wildman–Crippen MR) is 125 cm³/mol. The Hall–Kier alpha value is -2.65. The Labute approximate surface area is 195 Å². The highest BCUT2D eigenvalue weighted by atomic mass is 32.2. The summed E-state index contributed by atoms with van der Waals surface area (Å²) in [5.41, 5.74) is 0.933. The molecule has 0 bridgehead atoms. The van der Waals surface area contributed by atoms with Crippen molar-refractivity contribution in [2.75, 3.05) is 6.54 Å². The van der Waals surface area contributed by atoms with Crippen LogP contribution in [0.2, 0.25) is 0 Å². The summed E-state index contributed by atoms with van der Waals surface area (Å²) in [4.78, 5) is 28.0. The van der Waals surface area contributed by atoms with Gasteiger partial charge in [-0.2, -0.15) is 0 Å². The van der Waals surface area contributed by atoms with Crippen LogP contribution in [0.1, 0.15) is 50.9 Å². The molecule has 180 valence electrons. The Balaban J connectivity index is 1.78. The molecule has 2 N–H and O–H groups in total. The fourth-order valence-corrected chi connectivity index (χ4v) is 5.11. The van der Waals surface area contributed by atoms with Gasteiger partial charge in [0, 0.05) is 6.04 Å². The van der Waals surface area contributed by atoms with Gasteiger partial charge in [-0.25, -0.2) is 13.1 Å². The van der Waals surface area contributed by atoms with Crippen LogP contribution >= 0.6 is 0 Å². The second-order valence-corrected chi connectivity index (χ2v) is 10.7. The summed E-state index contributed by atoms with van der Waals surface area (Å²) >= 11 is 0. The van der Waals surface area contributed by atoms with Crippen molar-refractivity contribution in [1.29, 1.82) is 0 Å². The summed E-state index contributed by atoms with van der Waals surface area (Å²) in [5, 5.41) is 3.08. The standard InChI is InChI=1S/C24H33N3O5S/c1-17(2)23(24(29)26-19-7-4-5-8-19)27(16-20-9-6-14-32-20)22(28)15-25-33(30,31)21-12-10-18(3)11-13-21/h6,9-14,17,19,23,25H,4-5,7-8,15-16H2,1-3H3,(H,26,29). The maximum atomic E-state index is 13.3. The van der Waals surface area contributed by atoms with Crippen LogP contribution in [0.3, 0.4) is 0 Å². The van der Waals surface area contributed by atoms with Gasteiger partial charge in [0.1, 0.15) is 11.8 Å². The SMILES string of the molecule is Cc1ccc(S(=O)(=O)NCC(=O)N(Cc2ccco2)C(C(=O)NC2CCCC2)C(C)C)cc1. The van der Waals surface area contributed by atoms with Gasteiger partial charge < -0.3 is 14.6 Å². The number of furan rings is 1. The van der Waals surface area contributed by atoms with Gasteiger partial charge in [-0.3, -0.25) is 9.59 Å². The van der Waals surface area contributed by atoms with E-state index in [-0.39, 0.29) is 29.3 Å². The number of hydrogen-bond donors (Lipinski definition) is 2. The lowest BCUT2D eigenvalue weighted by atomic mass is 10.00. The molecule has 8 nitrogen and oxygen atoms in total. The lowest BCUT2D eigenvalue weighted by Gasteiger charge is -2.34. The Kier molecular flexibility index (Phi) is 8.31. The normalized spacial score (nSPS) is 15.5. The van der Waals surface area contributed by atoms with Crippen molar-refractivity contribution in [2.24, 2.45) is 5.92 Å². The summed E-state index contributed by atoms with van der Waals surface area (Å²) in [6.45, 7) is 5.22. The van der Waals surface area contributed by atoms with Crippen molar-refractivity contribution in [3.63, 3.8) is 0 Å². The molecule has 9 heteroatoms. The van der Waals surface area contributed by atoms with E-state index in [1.807, 2.05) is 20.8 Å². The van der Waals surface area contributed by atoms with Gasteiger partial charge in [-0.1, -0.05) is 44.4 Å². The molecule has 0 saturated heterocycles. The van der Waals surface area contributed by atoms with Crippen LogP contribution in [0.25, 0.3) is 0 Å². The lowest BCUT2D eigenvalue weighted by Crippen LogP contribution is -2.55. The Bertz CT molecular complexity index is 1030. The molecule has 33 heavy (non-hydrogen) atoms. The van der Waals surface area contributed by atoms with Crippen LogP contribution < -0.4 is 10.0 Å². The smallest absolute Gasteiger partial charge is 0.243 e. The number of aryl methyl sites for hydroxylation is 1. The summed E-state index contributed by atoms with van der Waals surface area (Å²) in [6.07, 6.45) is 5.51. The zero-order valence-corrected chi connectivity index (χ0v) is 20.2. The molecule has 2 amide bonds. The second kappa shape index (κ2) is 11.0. The monoisotopic (exact) mass is 475 g/mol. The number of carbonyl (C=O) groups is 2. The van der Waals surface area contributed by atoms with Crippen LogP contribution in [0.4, 0.5) is 0 Å². The molecule has 1 aromatic carbocycles. The summed E-state index contributed by atoms with van der Waals surface area (Å²) < 4.78 is 33.1. The number of rotatable bonds is 10. The van der Waals surface area contributed by atoms with E-state index >= 15 is 0 Å². The molecule has 1 fully saturated rings. The number of amides is 2. The number of benzene rings is 1. The molecule has 1 saturated carbocycles. The van der Waals surface area contributed by atoms with Gasteiger partial charge in [0.15, 0.2) is 0 Å². The number of carbonyl (C=O) groups excluding carboxylic acids is 2. The molecule has 1 aromatic heterocycles. The predicted octanol–water partition coefficient (Wildman–Crippen LogP) is 2.98. The van der Waals surface area contributed by atoms with Gasteiger partial charge >= 0.3 is 0 Å². The molecular weight excluding hydrogens is 442 g/mol. The average molecular weight is 476 g/mol. The summed E-state index contributed by atoms with van der Waals surface area (Å²) in [7, 11) is -3.87. The van der Waals surface area contributed by atoms with E-state index in [1.54, 1.807) is 24.3 Å². The zero-order valence-electron chi connectivity index (χ0n) is 19.4. The van der Waals surface area contributed by atoms with Crippen molar-refractivity contribution in [2.45, 2.75) is 70.0 Å². The first-order valence-corrected chi connectivity index (χ1v) is 12.8. The van der Waals surface area contributed by atoms with Crippen LogP contribution in [-0.2, 0) is 26.2 Å². The van der Waals surface area contributed by atoms with Crippen molar-refractivity contribution in [1.82, 2.24) is 14.9 Å². The number of nitrogens with one attached hydrogen (secondary N) is 2. The van der Waals surface area contributed by atoms with E-state index in [2.05, 4.69) is 10.0 Å². The van der Waals surface area contributed by atoms with Gasteiger partial charge in [0.2, 0.25) is 21.8 Å². The largest absolute Gasteiger partial charge is 0.467 e. The molecule has 0 spiro atoms. The third-order valence-corrected chi connectivity index (χ3v) is 7.33. The molecule has 2 aromatic rings. The first-order valence-electron chi connectivity index (χ1n) is 11.4. The second-order valence-electron chi connectivity index (χ2n) is 8.92. The third kappa shape index (κ3) is 6.68. The highest BCUT2D eigenvalue weighted by molar-refractivity contribution is 7.89. The minimum absolute atomic E-state index is 0.0685. The van der Waals surface area contributed by atoms with E-state index in [4.69, 9.17) is 4.42 Å². The van der Waals surface area contributed by atoms with E-state index in [9.17, 15) is 18.0 Å². The number of nitrogens with zero attached hydrogens (tertiary/aromatic N) is 1. The van der Waals surface area contributed by atoms with Gasteiger partial charge in [-0.15, -0.1) is 0 Å². The fraction of sp³-hybridized carbons (Fsp3) is 0.500. The van der Waals surface area contributed by atoms with Crippen LogP contribution in [0.5, 0.6) is 0 Å². The zero-order chi connectivity index (χ0) is 24.0. The van der Waals surface area contributed by atoms with E-state index in [0.29, 0.717) is 5.76 Å². The fourth-order valence-electron chi connectivity index (χ4n) is 4.13. The lowest BCUT2D eigenvalue weighted by molar-refractivity contribution is -0.142. The van der Waals surface area contributed by atoms with Crippen molar-refractivity contribution < 1.29 is 22.4 Å². The first-order chi connectivity index (χ1) is 15.7. The van der Waals surface area contributed by atoms with Crippen molar-refractivity contribution in [3.05, 3.63) is 54.0 Å². The Morgan fingerprint density at radius 3 is 2.36 bits per heavy atom. The first kappa shape index (κ1) is 25.0. The summed E-state index contributed by atoms with van der Waals surface area (Å²) in [5.74, 6) is -0.386. The molecule has 0 radical (unpaired) electrons. The average Bonchev–Trinajstić information content (AvgIpc) is 3.46. The van der Waals surface area contributed by atoms with E-state index < -0.39 is 28.5 Å². The maximum Gasteiger partial charge on any atom is 0.243 e. The molecule has 1 atom stereocenters. The summed E-state index contributed by atoms with van der Waals surface area (Å²) in [6, 6.07) is 9.17. The van der Waals surface area contributed by atoms with Crippen LogP contribution in [-0.4, -0.2) is 43.8 Å². The van der Waals surface area contributed by atoms with Gasteiger partial charge in [-0.05, 0) is 49.9 Å². The highest BCUT2D eigenvalue weighted by Crippen LogP contribution is 2.21. The number of sulfonamides is 1. The number of hydrogen-bond acceptors (Lipinski definition) is 5. The van der Waals surface area contributed by atoms with E-state index in [1.165, 1.54) is 23.3 Å². The molecule has 0 aliphatic heterocycles. The van der Waals surface area contributed by atoms with Crippen LogP contribution in [0, 0.1) is 12.8 Å². The van der Waals surface area contributed by atoms with Gasteiger partial charge in [0.25, 0.3) is 0 Å². The quantitative estimate of drug-likeness (QED) is 0.549. The minimum atomic E-state index is -3.87. The Morgan fingerprint density at radius 2 is 1.79 bits per heavy atom. The maximum absolute atomic E-state index is 13.3.